The van der Waals surface area contributed by atoms with Crippen LogP contribution in [-0.2, 0) is 14.3 Å². The van der Waals surface area contributed by atoms with Crippen molar-refractivity contribution in [3.8, 4) is 11.1 Å². The minimum Gasteiger partial charge on any atom is -0.480 e. The maximum absolute atomic E-state index is 12.4. The van der Waals surface area contributed by atoms with E-state index >= 15 is 0 Å². The van der Waals surface area contributed by atoms with E-state index in [1.54, 1.807) is 6.92 Å². The molecule has 0 bridgehead atoms. The first kappa shape index (κ1) is 25.3. The van der Waals surface area contributed by atoms with Crippen molar-refractivity contribution in [2.75, 3.05) is 6.61 Å². The first-order valence-corrected chi connectivity index (χ1v) is 12.0. The van der Waals surface area contributed by atoms with Crippen LogP contribution in [0.4, 0.5) is 4.79 Å². The van der Waals surface area contributed by atoms with Crippen LogP contribution in [0.3, 0.4) is 0 Å². The number of alkyl carbamates (subject to hydrolysis) is 1. The van der Waals surface area contributed by atoms with E-state index in [2.05, 4.69) is 34.9 Å². The fourth-order valence-corrected chi connectivity index (χ4v) is 4.41. The standard InChI is InChI=1S/C27H34N2O5/c1-4-17(2)25(26(31)32)29-24(30)15-9-10-18(3)28-27(33)34-16-23-21-13-7-5-11-19(21)20-12-6-8-14-22(20)23/h5-8,11-14,17-18,23,25H,4,9-10,15-16H2,1-3H3,(H,28,33)(H,29,30)(H,31,32)/t17?,18?,25-/m0/s1. The quantitative estimate of drug-likeness (QED) is 0.445. The predicted molar refractivity (Wildman–Crippen MR) is 131 cm³/mol. The number of rotatable bonds is 11. The van der Waals surface area contributed by atoms with Crippen molar-refractivity contribution in [2.24, 2.45) is 5.92 Å². The normalized spacial score (nSPS) is 14.9. The number of benzene rings is 2. The summed E-state index contributed by atoms with van der Waals surface area (Å²) in [5.74, 6) is -1.45. The van der Waals surface area contributed by atoms with Gasteiger partial charge in [0.2, 0.25) is 5.91 Å². The van der Waals surface area contributed by atoms with Crippen molar-refractivity contribution in [1.82, 2.24) is 10.6 Å². The molecule has 7 heteroatoms. The number of hydrogen-bond donors (Lipinski definition) is 3. The van der Waals surface area contributed by atoms with E-state index in [-0.39, 0.29) is 36.8 Å². The SMILES string of the molecule is CCC(C)[C@H](NC(=O)CCCC(C)NC(=O)OCC1c2ccccc2-c2ccccc21)C(=O)O. The van der Waals surface area contributed by atoms with Crippen LogP contribution in [0, 0.1) is 5.92 Å². The number of hydrogen-bond acceptors (Lipinski definition) is 4. The summed E-state index contributed by atoms with van der Waals surface area (Å²) in [5, 5.41) is 14.7. The Bertz CT molecular complexity index is 976. The summed E-state index contributed by atoms with van der Waals surface area (Å²) in [7, 11) is 0. The smallest absolute Gasteiger partial charge is 0.407 e. The van der Waals surface area contributed by atoms with Crippen molar-refractivity contribution in [2.45, 2.75) is 64.5 Å². The van der Waals surface area contributed by atoms with Crippen molar-refractivity contribution in [3.63, 3.8) is 0 Å². The van der Waals surface area contributed by atoms with E-state index in [1.807, 2.05) is 38.1 Å². The first-order valence-electron chi connectivity index (χ1n) is 12.0. The van der Waals surface area contributed by atoms with E-state index < -0.39 is 18.1 Å². The minimum atomic E-state index is -1.02. The average molecular weight is 467 g/mol. The number of carboxylic acid groups (broad SMARTS) is 1. The van der Waals surface area contributed by atoms with E-state index in [0.717, 1.165) is 11.1 Å². The monoisotopic (exact) mass is 466 g/mol. The number of amides is 2. The van der Waals surface area contributed by atoms with Crippen LogP contribution < -0.4 is 10.6 Å². The Morgan fingerprint density at radius 3 is 2.12 bits per heavy atom. The molecule has 3 N–H and O–H groups in total. The molecule has 1 aliphatic carbocycles. The van der Waals surface area contributed by atoms with Crippen LogP contribution in [0.5, 0.6) is 0 Å². The van der Waals surface area contributed by atoms with E-state index in [0.29, 0.717) is 19.3 Å². The zero-order valence-electron chi connectivity index (χ0n) is 20.0. The van der Waals surface area contributed by atoms with Gasteiger partial charge in [-0.3, -0.25) is 4.79 Å². The summed E-state index contributed by atoms with van der Waals surface area (Å²) in [5.41, 5.74) is 4.68. The van der Waals surface area contributed by atoms with Gasteiger partial charge in [-0.2, -0.15) is 0 Å². The van der Waals surface area contributed by atoms with Gasteiger partial charge in [-0.15, -0.1) is 0 Å². The molecule has 2 aromatic rings. The molecule has 2 aromatic carbocycles. The lowest BCUT2D eigenvalue weighted by molar-refractivity contribution is -0.143. The summed E-state index contributed by atoms with van der Waals surface area (Å²) >= 11 is 0. The largest absolute Gasteiger partial charge is 0.480 e. The summed E-state index contributed by atoms with van der Waals surface area (Å²) in [6, 6.07) is 15.3. The topological polar surface area (TPSA) is 105 Å². The molecule has 2 unspecified atom stereocenters. The maximum Gasteiger partial charge on any atom is 0.407 e. The summed E-state index contributed by atoms with van der Waals surface area (Å²) in [6.45, 7) is 5.81. The third-order valence-electron chi connectivity index (χ3n) is 6.54. The molecule has 2 amide bonds. The van der Waals surface area contributed by atoms with Crippen molar-refractivity contribution < 1.29 is 24.2 Å². The van der Waals surface area contributed by atoms with Crippen molar-refractivity contribution in [1.29, 1.82) is 0 Å². The van der Waals surface area contributed by atoms with Gasteiger partial charge in [-0.25, -0.2) is 9.59 Å². The second kappa shape index (κ2) is 11.7. The number of ether oxygens (including phenoxy) is 1. The molecule has 1 aliphatic rings. The highest BCUT2D eigenvalue weighted by atomic mass is 16.5. The number of carbonyl (C=O) groups is 3. The van der Waals surface area contributed by atoms with Crippen LogP contribution in [0.25, 0.3) is 11.1 Å². The zero-order chi connectivity index (χ0) is 24.7. The second-order valence-electron chi connectivity index (χ2n) is 9.03. The van der Waals surface area contributed by atoms with Gasteiger partial charge >= 0.3 is 12.1 Å². The van der Waals surface area contributed by atoms with Crippen LogP contribution in [-0.4, -0.2) is 41.8 Å². The summed E-state index contributed by atoms with van der Waals surface area (Å²) in [6.07, 6.45) is 1.50. The molecule has 3 rings (SSSR count). The predicted octanol–water partition coefficient (Wildman–Crippen LogP) is 4.70. The first-order chi connectivity index (χ1) is 16.3. The molecule has 0 radical (unpaired) electrons. The third kappa shape index (κ3) is 6.16. The highest BCUT2D eigenvalue weighted by Gasteiger charge is 2.29. The molecule has 34 heavy (non-hydrogen) atoms. The minimum absolute atomic E-state index is 0.00449. The van der Waals surface area contributed by atoms with E-state index in [9.17, 15) is 19.5 Å². The van der Waals surface area contributed by atoms with Gasteiger partial charge in [0, 0.05) is 18.4 Å². The Morgan fingerprint density at radius 2 is 1.56 bits per heavy atom. The van der Waals surface area contributed by atoms with Crippen molar-refractivity contribution >= 4 is 18.0 Å². The fourth-order valence-electron chi connectivity index (χ4n) is 4.41. The Labute approximate surface area is 200 Å². The Morgan fingerprint density at radius 1 is 0.971 bits per heavy atom. The molecule has 0 fully saturated rings. The molecular weight excluding hydrogens is 432 g/mol. The lowest BCUT2D eigenvalue weighted by atomic mass is 9.98. The molecule has 182 valence electrons. The van der Waals surface area contributed by atoms with E-state index in [1.165, 1.54) is 11.1 Å². The van der Waals surface area contributed by atoms with Crippen LogP contribution in [0.15, 0.2) is 48.5 Å². The number of carbonyl (C=O) groups excluding carboxylic acids is 2. The molecule has 0 spiro atoms. The summed E-state index contributed by atoms with van der Waals surface area (Å²) < 4.78 is 5.56. The van der Waals surface area contributed by atoms with Gasteiger partial charge in [0.1, 0.15) is 12.6 Å². The number of fused-ring (bicyclic) bond motifs is 3. The highest BCUT2D eigenvalue weighted by Crippen LogP contribution is 2.44. The zero-order valence-corrected chi connectivity index (χ0v) is 20.0. The second-order valence-corrected chi connectivity index (χ2v) is 9.03. The number of aliphatic carboxylic acids is 1. The number of carboxylic acids is 1. The average Bonchev–Trinajstić information content (AvgIpc) is 3.14. The van der Waals surface area contributed by atoms with Gasteiger partial charge in [0.25, 0.3) is 0 Å². The maximum atomic E-state index is 12.4. The Balaban J connectivity index is 1.43. The highest BCUT2D eigenvalue weighted by molar-refractivity contribution is 5.83. The van der Waals surface area contributed by atoms with Crippen LogP contribution >= 0.6 is 0 Å². The molecule has 7 nitrogen and oxygen atoms in total. The summed E-state index contributed by atoms with van der Waals surface area (Å²) in [4.78, 5) is 35.9. The van der Waals surface area contributed by atoms with Gasteiger partial charge in [0.05, 0.1) is 0 Å². The molecule has 0 aliphatic heterocycles. The van der Waals surface area contributed by atoms with Crippen LogP contribution in [0.2, 0.25) is 0 Å². The molecule has 0 saturated heterocycles. The third-order valence-corrected chi connectivity index (χ3v) is 6.54. The van der Waals surface area contributed by atoms with Gasteiger partial charge < -0.3 is 20.5 Å². The molecule has 0 aromatic heterocycles. The van der Waals surface area contributed by atoms with Gasteiger partial charge in [0.15, 0.2) is 0 Å². The van der Waals surface area contributed by atoms with E-state index in [4.69, 9.17) is 4.74 Å². The molecule has 0 saturated carbocycles. The molecule has 3 atom stereocenters. The number of nitrogens with one attached hydrogen (secondary N) is 2. The molecular formula is C27H34N2O5. The van der Waals surface area contributed by atoms with Gasteiger partial charge in [-0.05, 0) is 47.9 Å². The molecule has 0 heterocycles. The van der Waals surface area contributed by atoms with Gasteiger partial charge in [-0.1, -0.05) is 68.8 Å². The lowest BCUT2D eigenvalue weighted by Crippen LogP contribution is -2.45. The van der Waals surface area contributed by atoms with Crippen molar-refractivity contribution in [3.05, 3.63) is 59.7 Å². The Kier molecular flexibility index (Phi) is 8.68. The van der Waals surface area contributed by atoms with Crippen LogP contribution in [0.1, 0.15) is 63.5 Å². The lowest BCUT2D eigenvalue weighted by Gasteiger charge is -2.20. The fraction of sp³-hybridized carbons (Fsp3) is 0.444. The Hall–Kier alpha value is -3.35.